The standard InChI is InChI=1S/C12H18N2O3/c1-8(7-17-2)6-14-11-5-9(12(15)16)3-4-10(11)13/h3-5,8,14H,6-7,13H2,1-2H3,(H,15,16). The summed E-state index contributed by atoms with van der Waals surface area (Å²) < 4.78 is 5.02. The number of nitrogens with two attached hydrogens (primary N) is 1. The van der Waals surface area contributed by atoms with Crippen LogP contribution in [0, 0.1) is 5.92 Å². The van der Waals surface area contributed by atoms with E-state index in [-0.39, 0.29) is 5.56 Å². The van der Waals surface area contributed by atoms with Crippen LogP contribution in [0.25, 0.3) is 0 Å². The summed E-state index contributed by atoms with van der Waals surface area (Å²) in [5.74, 6) is -0.633. The molecule has 0 radical (unpaired) electrons. The number of ether oxygens (including phenoxy) is 1. The Labute approximate surface area is 101 Å². The summed E-state index contributed by atoms with van der Waals surface area (Å²) in [7, 11) is 1.65. The van der Waals surface area contributed by atoms with E-state index in [2.05, 4.69) is 5.32 Å². The first-order valence-electron chi connectivity index (χ1n) is 5.40. The molecule has 0 bridgehead atoms. The molecule has 0 fully saturated rings. The second-order valence-corrected chi connectivity index (χ2v) is 4.05. The van der Waals surface area contributed by atoms with Gasteiger partial charge in [0.1, 0.15) is 0 Å². The molecule has 4 N–H and O–H groups in total. The molecule has 17 heavy (non-hydrogen) atoms. The van der Waals surface area contributed by atoms with E-state index in [4.69, 9.17) is 15.6 Å². The minimum Gasteiger partial charge on any atom is -0.478 e. The highest BCUT2D eigenvalue weighted by Crippen LogP contribution is 2.20. The van der Waals surface area contributed by atoms with Crippen molar-refractivity contribution >= 4 is 17.3 Å². The number of rotatable bonds is 6. The van der Waals surface area contributed by atoms with Gasteiger partial charge < -0.3 is 20.9 Å². The van der Waals surface area contributed by atoms with Crippen molar-refractivity contribution in [3.8, 4) is 0 Å². The first-order valence-corrected chi connectivity index (χ1v) is 5.40. The number of anilines is 2. The molecule has 0 aliphatic carbocycles. The molecule has 0 saturated heterocycles. The van der Waals surface area contributed by atoms with Gasteiger partial charge in [-0.25, -0.2) is 4.79 Å². The van der Waals surface area contributed by atoms with E-state index in [1.54, 1.807) is 13.2 Å². The van der Waals surface area contributed by atoms with Gasteiger partial charge in [0.05, 0.1) is 23.5 Å². The molecule has 0 amide bonds. The number of hydrogen-bond acceptors (Lipinski definition) is 4. The van der Waals surface area contributed by atoms with Crippen LogP contribution in [0.5, 0.6) is 0 Å². The van der Waals surface area contributed by atoms with E-state index < -0.39 is 5.97 Å². The van der Waals surface area contributed by atoms with E-state index in [0.717, 1.165) is 0 Å². The number of methoxy groups -OCH3 is 1. The third-order valence-corrected chi connectivity index (χ3v) is 2.39. The van der Waals surface area contributed by atoms with Crippen LogP contribution in [-0.4, -0.2) is 31.3 Å². The summed E-state index contributed by atoms with van der Waals surface area (Å²) in [6.07, 6.45) is 0. The fourth-order valence-electron chi connectivity index (χ4n) is 1.47. The lowest BCUT2D eigenvalue weighted by atomic mass is 10.1. The molecule has 0 aliphatic heterocycles. The van der Waals surface area contributed by atoms with Gasteiger partial charge >= 0.3 is 5.97 Å². The first kappa shape index (κ1) is 13.3. The second kappa shape index (κ2) is 6.10. The molecular formula is C12H18N2O3. The third-order valence-electron chi connectivity index (χ3n) is 2.39. The number of carbonyl (C=O) groups is 1. The van der Waals surface area contributed by atoms with E-state index in [9.17, 15) is 4.79 Å². The lowest BCUT2D eigenvalue weighted by Gasteiger charge is -2.14. The van der Waals surface area contributed by atoms with Crippen molar-refractivity contribution in [2.24, 2.45) is 5.92 Å². The Balaban J connectivity index is 2.69. The number of benzene rings is 1. The number of carboxylic acids is 1. The normalized spacial score (nSPS) is 12.1. The van der Waals surface area contributed by atoms with Gasteiger partial charge in [0, 0.05) is 13.7 Å². The molecule has 5 heteroatoms. The SMILES string of the molecule is COCC(C)CNc1cc(C(=O)O)ccc1N. The molecular weight excluding hydrogens is 220 g/mol. The molecule has 0 aliphatic rings. The number of hydrogen-bond donors (Lipinski definition) is 3. The maximum atomic E-state index is 10.8. The van der Waals surface area contributed by atoms with Gasteiger partial charge in [0.2, 0.25) is 0 Å². The number of carboxylic acid groups (broad SMARTS) is 1. The molecule has 0 aromatic heterocycles. The van der Waals surface area contributed by atoms with Crippen molar-refractivity contribution in [3.63, 3.8) is 0 Å². The summed E-state index contributed by atoms with van der Waals surface area (Å²) in [5.41, 5.74) is 7.17. The Kier molecular flexibility index (Phi) is 4.78. The molecule has 1 aromatic carbocycles. The van der Waals surface area contributed by atoms with Crippen LogP contribution in [0.15, 0.2) is 18.2 Å². The Hall–Kier alpha value is -1.75. The van der Waals surface area contributed by atoms with Crippen LogP contribution in [0.3, 0.4) is 0 Å². The van der Waals surface area contributed by atoms with Gasteiger partial charge in [-0.3, -0.25) is 0 Å². The van der Waals surface area contributed by atoms with E-state index in [1.165, 1.54) is 12.1 Å². The van der Waals surface area contributed by atoms with E-state index in [1.807, 2.05) is 6.92 Å². The predicted molar refractivity (Wildman–Crippen MR) is 67.3 cm³/mol. The molecule has 0 saturated carbocycles. The molecule has 0 spiro atoms. The largest absolute Gasteiger partial charge is 0.478 e. The molecule has 1 aromatic rings. The van der Waals surface area contributed by atoms with E-state index >= 15 is 0 Å². The molecule has 1 atom stereocenters. The van der Waals surface area contributed by atoms with Crippen LogP contribution in [0.4, 0.5) is 11.4 Å². The average molecular weight is 238 g/mol. The van der Waals surface area contributed by atoms with Gasteiger partial charge in [-0.05, 0) is 24.1 Å². The zero-order valence-corrected chi connectivity index (χ0v) is 10.1. The minimum absolute atomic E-state index is 0.223. The van der Waals surface area contributed by atoms with Gasteiger partial charge in [-0.1, -0.05) is 6.92 Å². The first-order chi connectivity index (χ1) is 8.04. The molecule has 0 heterocycles. The maximum Gasteiger partial charge on any atom is 0.335 e. The summed E-state index contributed by atoms with van der Waals surface area (Å²) in [4.78, 5) is 10.8. The number of nitrogens with one attached hydrogen (secondary N) is 1. The predicted octanol–water partition coefficient (Wildman–Crippen LogP) is 1.66. The van der Waals surface area contributed by atoms with Crippen LogP contribution < -0.4 is 11.1 Å². The smallest absolute Gasteiger partial charge is 0.335 e. The van der Waals surface area contributed by atoms with Gasteiger partial charge in [-0.2, -0.15) is 0 Å². The van der Waals surface area contributed by atoms with Crippen LogP contribution in [-0.2, 0) is 4.74 Å². The summed E-state index contributed by atoms with van der Waals surface area (Å²) in [6, 6.07) is 4.62. The van der Waals surface area contributed by atoms with Crippen molar-refractivity contribution in [1.29, 1.82) is 0 Å². The average Bonchev–Trinajstić information content (AvgIpc) is 2.28. The molecule has 1 rings (SSSR count). The minimum atomic E-state index is -0.960. The summed E-state index contributed by atoms with van der Waals surface area (Å²) >= 11 is 0. The summed E-state index contributed by atoms with van der Waals surface area (Å²) in [6.45, 7) is 3.36. The van der Waals surface area contributed by atoms with Crippen molar-refractivity contribution in [3.05, 3.63) is 23.8 Å². The van der Waals surface area contributed by atoms with Gasteiger partial charge in [0.25, 0.3) is 0 Å². The third kappa shape index (κ3) is 3.96. The highest BCUT2D eigenvalue weighted by molar-refractivity contribution is 5.90. The lowest BCUT2D eigenvalue weighted by molar-refractivity contribution is 0.0697. The van der Waals surface area contributed by atoms with Crippen LogP contribution >= 0.6 is 0 Å². The van der Waals surface area contributed by atoms with E-state index in [0.29, 0.717) is 30.4 Å². The molecule has 1 unspecified atom stereocenters. The quantitative estimate of drug-likeness (QED) is 0.656. The Morgan fingerprint density at radius 2 is 2.29 bits per heavy atom. The zero-order chi connectivity index (χ0) is 12.8. The number of nitrogen functional groups attached to an aromatic ring is 1. The Morgan fingerprint density at radius 3 is 2.88 bits per heavy atom. The highest BCUT2D eigenvalue weighted by atomic mass is 16.5. The van der Waals surface area contributed by atoms with Crippen molar-refractivity contribution in [1.82, 2.24) is 0 Å². The second-order valence-electron chi connectivity index (χ2n) is 4.05. The fraction of sp³-hybridized carbons (Fsp3) is 0.417. The fourth-order valence-corrected chi connectivity index (χ4v) is 1.47. The van der Waals surface area contributed by atoms with Gasteiger partial charge in [-0.15, -0.1) is 0 Å². The van der Waals surface area contributed by atoms with Crippen molar-refractivity contribution < 1.29 is 14.6 Å². The molecule has 5 nitrogen and oxygen atoms in total. The maximum absolute atomic E-state index is 10.8. The van der Waals surface area contributed by atoms with Crippen LogP contribution in [0.2, 0.25) is 0 Å². The molecule has 94 valence electrons. The topological polar surface area (TPSA) is 84.6 Å². The van der Waals surface area contributed by atoms with Crippen molar-refractivity contribution in [2.75, 3.05) is 31.3 Å². The monoisotopic (exact) mass is 238 g/mol. The van der Waals surface area contributed by atoms with Crippen molar-refractivity contribution in [2.45, 2.75) is 6.92 Å². The highest BCUT2D eigenvalue weighted by Gasteiger charge is 2.07. The zero-order valence-electron chi connectivity index (χ0n) is 10.1. The number of aromatic carboxylic acids is 1. The summed E-state index contributed by atoms with van der Waals surface area (Å²) in [5, 5.41) is 12.0. The van der Waals surface area contributed by atoms with Gasteiger partial charge in [0.15, 0.2) is 0 Å². The Morgan fingerprint density at radius 1 is 1.59 bits per heavy atom. The lowest BCUT2D eigenvalue weighted by Crippen LogP contribution is -2.16. The Bertz CT molecular complexity index is 393. The van der Waals surface area contributed by atoms with Crippen LogP contribution in [0.1, 0.15) is 17.3 Å².